The van der Waals surface area contributed by atoms with E-state index in [1.165, 1.54) is 23.2 Å². The number of para-hydroxylation sites is 1. The molecule has 0 saturated heterocycles. The van der Waals surface area contributed by atoms with E-state index >= 15 is 0 Å². The number of halogens is 3. The van der Waals surface area contributed by atoms with E-state index in [0.717, 1.165) is 17.5 Å². The topological polar surface area (TPSA) is 173 Å². The molecule has 0 radical (unpaired) electrons. The van der Waals surface area contributed by atoms with Crippen molar-refractivity contribution in [3.05, 3.63) is 71.9 Å². The molecule has 0 aliphatic heterocycles. The van der Waals surface area contributed by atoms with Gasteiger partial charge in [0.2, 0.25) is 11.8 Å². The summed E-state index contributed by atoms with van der Waals surface area (Å²) >= 11 is 0. The molecule has 14 heteroatoms. The van der Waals surface area contributed by atoms with E-state index in [2.05, 4.69) is 15.6 Å². The number of benzene rings is 2. The molecule has 4 amide bonds. The number of nitrogens with zero attached hydrogens (tertiary/aromatic N) is 3. The van der Waals surface area contributed by atoms with Gasteiger partial charge in [0.25, 0.3) is 0 Å². The van der Waals surface area contributed by atoms with E-state index < -0.39 is 42.2 Å². The van der Waals surface area contributed by atoms with Crippen LogP contribution in [0.1, 0.15) is 11.1 Å². The molecule has 3 aromatic rings. The largest absolute Gasteiger partial charge is 0.416 e. The van der Waals surface area contributed by atoms with Crippen LogP contribution in [-0.2, 0) is 22.2 Å². The molecule has 11 nitrogen and oxygen atoms in total. The normalized spacial score (nSPS) is 12.1. The van der Waals surface area contributed by atoms with Crippen LogP contribution in [-0.4, -0.2) is 71.5 Å². The number of hydrogen-bond acceptors (Lipinski definition) is 7. The number of hydrogen-bond donors (Lipinski definition) is 5. The zero-order chi connectivity index (χ0) is 29.3. The predicted molar refractivity (Wildman–Crippen MR) is 143 cm³/mol. The Morgan fingerprint density at radius 1 is 0.975 bits per heavy atom. The minimum Gasteiger partial charge on any atom is -0.339 e. The Labute approximate surface area is 228 Å². The SMILES string of the molecule is NCCN(CCN)C(=O)CN(N)C(=O)NC(Cc1ccc(C(F)(F)F)cc1)C(=O)Nc1cnc2ccccc2c1. The van der Waals surface area contributed by atoms with E-state index in [-0.39, 0.29) is 32.6 Å². The molecule has 0 bridgehead atoms. The first-order valence-electron chi connectivity index (χ1n) is 12.3. The van der Waals surface area contributed by atoms with Crippen LogP contribution in [0.2, 0.25) is 0 Å². The number of anilines is 1. The van der Waals surface area contributed by atoms with Crippen LogP contribution < -0.4 is 27.9 Å². The molecule has 1 aromatic heterocycles. The lowest BCUT2D eigenvalue weighted by Gasteiger charge is -2.26. The summed E-state index contributed by atoms with van der Waals surface area (Å²) < 4.78 is 39.0. The van der Waals surface area contributed by atoms with Crippen molar-refractivity contribution in [1.29, 1.82) is 0 Å². The summed E-state index contributed by atoms with van der Waals surface area (Å²) in [7, 11) is 0. The van der Waals surface area contributed by atoms with Crippen molar-refractivity contribution in [2.75, 3.05) is 38.0 Å². The molecule has 0 aliphatic rings. The second-order valence-corrected chi connectivity index (χ2v) is 8.89. The number of pyridine rings is 1. The van der Waals surface area contributed by atoms with Crippen molar-refractivity contribution in [3.63, 3.8) is 0 Å². The van der Waals surface area contributed by atoms with Gasteiger partial charge in [-0.3, -0.25) is 19.6 Å². The molecule has 1 heterocycles. The molecule has 0 spiro atoms. The maximum atomic E-state index is 13.2. The van der Waals surface area contributed by atoms with Crippen molar-refractivity contribution in [2.45, 2.75) is 18.6 Å². The highest BCUT2D eigenvalue weighted by atomic mass is 19.4. The van der Waals surface area contributed by atoms with Crippen molar-refractivity contribution < 1.29 is 27.6 Å². The fourth-order valence-corrected chi connectivity index (χ4v) is 3.87. The quantitative estimate of drug-likeness (QED) is 0.134. The van der Waals surface area contributed by atoms with Gasteiger partial charge in [0.05, 0.1) is 23.0 Å². The lowest BCUT2D eigenvalue weighted by Crippen LogP contribution is -2.55. The molecule has 0 saturated carbocycles. The van der Waals surface area contributed by atoms with Crippen LogP contribution in [0.25, 0.3) is 10.9 Å². The minimum absolute atomic E-state index is 0.162. The molecule has 2 aromatic carbocycles. The lowest BCUT2D eigenvalue weighted by atomic mass is 10.0. The molecule has 1 atom stereocenters. The number of alkyl halides is 3. The Balaban J connectivity index is 1.77. The number of rotatable bonds is 11. The van der Waals surface area contributed by atoms with Gasteiger partial charge in [-0.2, -0.15) is 13.2 Å². The second kappa shape index (κ2) is 13.7. The molecule has 214 valence electrons. The van der Waals surface area contributed by atoms with Crippen molar-refractivity contribution in [3.8, 4) is 0 Å². The number of urea groups is 1. The zero-order valence-electron chi connectivity index (χ0n) is 21.5. The standard InChI is InChI=1S/C26H31F3N8O3/c27-26(28,29)19-7-5-17(6-8-19)13-22(24(39)34-20-14-18-3-1-2-4-21(18)33-15-20)35-25(40)37(32)16-23(38)36(11-9-30)12-10-31/h1-8,14-15,22H,9-13,16,30-32H2,(H,34,39)(H,35,40). The van der Waals surface area contributed by atoms with E-state index in [9.17, 15) is 27.6 Å². The molecule has 8 N–H and O–H groups in total. The summed E-state index contributed by atoms with van der Waals surface area (Å²) in [6.07, 6.45) is -3.25. The summed E-state index contributed by atoms with van der Waals surface area (Å²) in [5.74, 6) is 4.65. The summed E-state index contributed by atoms with van der Waals surface area (Å²) in [6.45, 7) is 0.270. The number of carbonyl (C=O) groups is 3. The van der Waals surface area contributed by atoms with Crippen LogP contribution in [0.4, 0.5) is 23.7 Å². The maximum Gasteiger partial charge on any atom is 0.416 e. The van der Waals surface area contributed by atoms with Crippen molar-refractivity contribution in [1.82, 2.24) is 20.2 Å². The van der Waals surface area contributed by atoms with Gasteiger partial charge < -0.3 is 27.0 Å². The van der Waals surface area contributed by atoms with Crippen LogP contribution in [0.15, 0.2) is 60.8 Å². The average molecular weight is 561 g/mol. The second-order valence-electron chi connectivity index (χ2n) is 8.89. The molecule has 0 fully saturated rings. The van der Waals surface area contributed by atoms with Crippen LogP contribution in [0.3, 0.4) is 0 Å². The van der Waals surface area contributed by atoms with Gasteiger partial charge in [-0.1, -0.05) is 30.3 Å². The van der Waals surface area contributed by atoms with Crippen LogP contribution in [0, 0.1) is 0 Å². The van der Waals surface area contributed by atoms with Gasteiger partial charge in [0.15, 0.2) is 0 Å². The number of nitrogens with two attached hydrogens (primary N) is 3. The predicted octanol–water partition coefficient (Wildman–Crippen LogP) is 1.43. The highest BCUT2D eigenvalue weighted by molar-refractivity contribution is 5.98. The summed E-state index contributed by atoms with van der Waals surface area (Å²) in [5.41, 5.74) is 11.6. The highest BCUT2D eigenvalue weighted by Crippen LogP contribution is 2.29. The zero-order valence-corrected chi connectivity index (χ0v) is 21.5. The average Bonchev–Trinajstić information content (AvgIpc) is 2.92. The Bertz CT molecular complexity index is 1310. The van der Waals surface area contributed by atoms with Gasteiger partial charge in [-0.25, -0.2) is 10.6 Å². The molecular formula is C26H31F3N8O3. The van der Waals surface area contributed by atoms with E-state index in [0.29, 0.717) is 21.8 Å². The Hall–Kier alpha value is -4.27. The fourth-order valence-electron chi connectivity index (χ4n) is 3.87. The molecule has 1 unspecified atom stereocenters. The number of aromatic nitrogens is 1. The first-order valence-corrected chi connectivity index (χ1v) is 12.3. The van der Waals surface area contributed by atoms with E-state index in [4.69, 9.17) is 17.3 Å². The first kappa shape index (κ1) is 30.3. The van der Waals surface area contributed by atoms with Crippen molar-refractivity contribution >= 4 is 34.4 Å². The monoisotopic (exact) mass is 560 g/mol. The third kappa shape index (κ3) is 8.36. The minimum atomic E-state index is -4.53. The number of hydrazine groups is 1. The maximum absolute atomic E-state index is 13.2. The van der Waals surface area contributed by atoms with Crippen LogP contribution >= 0.6 is 0 Å². The van der Waals surface area contributed by atoms with E-state index in [1.54, 1.807) is 18.2 Å². The number of nitrogens with one attached hydrogen (secondary N) is 2. The molecule has 0 aliphatic carbocycles. The van der Waals surface area contributed by atoms with E-state index in [1.807, 2.05) is 12.1 Å². The smallest absolute Gasteiger partial charge is 0.339 e. The molecule has 40 heavy (non-hydrogen) atoms. The van der Waals surface area contributed by atoms with Gasteiger partial charge in [-0.05, 0) is 29.8 Å². The fraction of sp³-hybridized carbons (Fsp3) is 0.308. The van der Waals surface area contributed by atoms with Crippen molar-refractivity contribution in [2.24, 2.45) is 17.3 Å². The highest BCUT2D eigenvalue weighted by Gasteiger charge is 2.30. The van der Waals surface area contributed by atoms with Gasteiger partial charge >= 0.3 is 12.2 Å². The number of amides is 4. The number of carbonyl (C=O) groups excluding carboxylic acids is 3. The third-order valence-corrected chi connectivity index (χ3v) is 5.91. The van der Waals surface area contributed by atoms with Gasteiger partial charge in [0, 0.05) is 38.0 Å². The first-order chi connectivity index (χ1) is 19.0. The Morgan fingerprint density at radius 3 is 2.25 bits per heavy atom. The number of fused-ring (bicyclic) bond motifs is 1. The lowest BCUT2D eigenvalue weighted by molar-refractivity contribution is -0.137. The Morgan fingerprint density at radius 2 is 1.62 bits per heavy atom. The molecule has 3 rings (SSSR count). The third-order valence-electron chi connectivity index (χ3n) is 5.91. The Kier molecular flexibility index (Phi) is 10.4. The molecular weight excluding hydrogens is 529 g/mol. The van der Waals surface area contributed by atoms with Gasteiger partial charge in [0.1, 0.15) is 12.6 Å². The van der Waals surface area contributed by atoms with Gasteiger partial charge in [-0.15, -0.1) is 0 Å². The van der Waals surface area contributed by atoms with Crippen LogP contribution in [0.5, 0.6) is 0 Å². The summed E-state index contributed by atoms with van der Waals surface area (Å²) in [6, 6.07) is 10.9. The summed E-state index contributed by atoms with van der Waals surface area (Å²) in [4.78, 5) is 44.3. The summed E-state index contributed by atoms with van der Waals surface area (Å²) in [5, 5.41) is 6.49.